The number of aryl methyl sites for hydroxylation is 2. The average Bonchev–Trinajstić information content (AvgIpc) is 2.86. The van der Waals surface area contributed by atoms with Crippen LogP contribution in [-0.2, 0) is 18.3 Å². The van der Waals surface area contributed by atoms with Crippen LogP contribution in [0.1, 0.15) is 27.9 Å². The second-order valence-corrected chi connectivity index (χ2v) is 6.70. The fourth-order valence-electron chi connectivity index (χ4n) is 3.31. The number of hydrogen-bond acceptors (Lipinski definition) is 2. The van der Waals surface area contributed by atoms with Crippen molar-refractivity contribution >= 4 is 11.8 Å². The first kappa shape index (κ1) is 17.3. The lowest BCUT2D eigenvalue weighted by molar-refractivity contribution is -0.130. The maximum absolute atomic E-state index is 12.8. The summed E-state index contributed by atoms with van der Waals surface area (Å²) >= 11 is 0. The molecule has 2 heterocycles. The van der Waals surface area contributed by atoms with Crippen molar-refractivity contribution in [2.24, 2.45) is 7.05 Å². The Bertz CT molecular complexity index is 766. The Kier molecular flexibility index (Phi) is 5.22. The Hall–Kier alpha value is -2.56. The van der Waals surface area contributed by atoms with E-state index in [-0.39, 0.29) is 11.8 Å². The SMILES string of the molecule is Cc1ccccc1C(=O)N1CCCN(C(=O)Cc2ccn(C)c2)CC1. The summed E-state index contributed by atoms with van der Waals surface area (Å²) in [6.07, 6.45) is 5.17. The molecule has 1 aliphatic rings. The molecule has 2 amide bonds. The van der Waals surface area contributed by atoms with Gasteiger partial charge in [-0.3, -0.25) is 9.59 Å². The molecule has 0 unspecified atom stereocenters. The van der Waals surface area contributed by atoms with Crippen LogP contribution in [0.25, 0.3) is 0 Å². The normalized spacial score (nSPS) is 15.1. The van der Waals surface area contributed by atoms with E-state index in [4.69, 9.17) is 0 Å². The van der Waals surface area contributed by atoms with E-state index in [0.29, 0.717) is 32.6 Å². The minimum atomic E-state index is 0.0652. The molecule has 0 bridgehead atoms. The molecule has 0 radical (unpaired) electrons. The minimum absolute atomic E-state index is 0.0652. The highest BCUT2D eigenvalue weighted by molar-refractivity contribution is 5.95. The van der Waals surface area contributed by atoms with Crippen LogP contribution in [0.3, 0.4) is 0 Å². The summed E-state index contributed by atoms with van der Waals surface area (Å²) in [6.45, 7) is 4.56. The Morgan fingerprint density at radius 3 is 2.44 bits per heavy atom. The molecule has 1 aromatic carbocycles. The van der Waals surface area contributed by atoms with Crippen LogP contribution < -0.4 is 0 Å². The number of aromatic nitrogens is 1. The summed E-state index contributed by atoms with van der Waals surface area (Å²) in [5, 5.41) is 0. The van der Waals surface area contributed by atoms with Gasteiger partial charge in [0.15, 0.2) is 0 Å². The number of carbonyl (C=O) groups excluding carboxylic acids is 2. The average molecular weight is 339 g/mol. The summed E-state index contributed by atoms with van der Waals surface area (Å²) in [5.41, 5.74) is 2.78. The molecule has 2 aromatic rings. The third-order valence-corrected chi connectivity index (χ3v) is 4.76. The van der Waals surface area contributed by atoms with Gasteiger partial charge in [0.25, 0.3) is 5.91 Å². The van der Waals surface area contributed by atoms with E-state index in [0.717, 1.165) is 23.1 Å². The summed E-state index contributed by atoms with van der Waals surface area (Å²) in [4.78, 5) is 29.1. The van der Waals surface area contributed by atoms with Crippen molar-refractivity contribution in [2.45, 2.75) is 19.8 Å². The van der Waals surface area contributed by atoms with E-state index >= 15 is 0 Å². The zero-order valence-electron chi connectivity index (χ0n) is 14.9. The fraction of sp³-hybridized carbons (Fsp3) is 0.400. The highest BCUT2D eigenvalue weighted by atomic mass is 16.2. The monoisotopic (exact) mass is 339 g/mol. The van der Waals surface area contributed by atoms with Crippen molar-refractivity contribution in [1.82, 2.24) is 14.4 Å². The first-order valence-electron chi connectivity index (χ1n) is 8.78. The number of amides is 2. The minimum Gasteiger partial charge on any atom is -0.357 e. The van der Waals surface area contributed by atoms with E-state index in [1.807, 2.05) is 71.1 Å². The van der Waals surface area contributed by atoms with E-state index < -0.39 is 0 Å². The molecule has 5 heteroatoms. The van der Waals surface area contributed by atoms with Crippen molar-refractivity contribution in [1.29, 1.82) is 0 Å². The van der Waals surface area contributed by atoms with Crippen molar-refractivity contribution < 1.29 is 9.59 Å². The van der Waals surface area contributed by atoms with Gasteiger partial charge in [0.05, 0.1) is 6.42 Å². The van der Waals surface area contributed by atoms with Crippen molar-refractivity contribution in [2.75, 3.05) is 26.2 Å². The molecular formula is C20H25N3O2. The molecule has 0 aliphatic carbocycles. The van der Waals surface area contributed by atoms with Crippen molar-refractivity contribution in [3.05, 3.63) is 59.4 Å². The molecule has 1 fully saturated rings. The predicted molar refractivity (Wildman–Crippen MR) is 97.4 cm³/mol. The van der Waals surface area contributed by atoms with Gasteiger partial charge in [-0.15, -0.1) is 0 Å². The lowest BCUT2D eigenvalue weighted by Crippen LogP contribution is -2.38. The predicted octanol–water partition coefficient (Wildman–Crippen LogP) is 2.25. The van der Waals surface area contributed by atoms with E-state index in [9.17, 15) is 9.59 Å². The summed E-state index contributed by atoms with van der Waals surface area (Å²) < 4.78 is 1.95. The molecule has 0 spiro atoms. The van der Waals surface area contributed by atoms with E-state index in [2.05, 4.69) is 0 Å². The molecule has 5 nitrogen and oxygen atoms in total. The molecule has 1 saturated heterocycles. The summed E-state index contributed by atoms with van der Waals surface area (Å²) in [5.74, 6) is 0.201. The molecule has 132 valence electrons. The molecule has 1 aromatic heterocycles. The maximum Gasteiger partial charge on any atom is 0.254 e. The Balaban J connectivity index is 1.61. The van der Waals surface area contributed by atoms with Crippen LogP contribution >= 0.6 is 0 Å². The van der Waals surface area contributed by atoms with Gasteiger partial charge >= 0.3 is 0 Å². The van der Waals surface area contributed by atoms with Gasteiger partial charge in [0, 0.05) is 51.2 Å². The van der Waals surface area contributed by atoms with Crippen molar-refractivity contribution in [3.8, 4) is 0 Å². The summed E-state index contributed by atoms with van der Waals surface area (Å²) in [7, 11) is 1.95. The van der Waals surface area contributed by atoms with E-state index in [1.165, 1.54) is 0 Å². The number of hydrogen-bond donors (Lipinski definition) is 0. The Morgan fingerprint density at radius 2 is 1.72 bits per heavy atom. The first-order chi connectivity index (χ1) is 12.0. The van der Waals surface area contributed by atoms with Gasteiger partial charge in [-0.2, -0.15) is 0 Å². The zero-order valence-corrected chi connectivity index (χ0v) is 14.9. The van der Waals surface area contributed by atoms with Crippen LogP contribution in [0.5, 0.6) is 0 Å². The van der Waals surface area contributed by atoms with Gasteiger partial charge in [0.1, 0.15) is 0 Å². The van der Waals surface area contributed by atoms with Crippen LogP contribution in [0.4, 0.5) is 0 Å². The molecule has 1 aliphatic heterocycles. The molecule has 0 saturated carbocycles. The van der Waals surface area contributed by atoms with Crippen LogP contribution in [0.2, 0.25) is 0 Å². The Morgan fingerprint density at radius 1 is 1.00 bits per heavy atom. The number of nitrogens with zero attached hydrogens (tertiary/aromatic N) is 3. The van der Waals surface area contributed by atoms with Crippen molar-refractivity contribution in [3.63, 3.8) is 0 Å². The second kappa shape index (κ2) is 7.55. The standard InChI is InChI=1S/C20H25N3O2/c1-16-6-3-4-7-18(16)20(25)23-10-5-9-22(12-13-23)19(24)14-17-8-11-21(2)15-17/h3-4,6-8,11,15H,5,9-10,12-14H2,1-2H3. The van der Waals surface area contributed by atoms with Gasteiger partial charge < -0.3 is 14.4 Å². The van der Waals surface area contributed by atoms with E-state index in [1.54, 1.807) is 0 Å². The van der Waals surface area contributed by atoms with Gasteiger partial charge in [-0.25, -0.2) is 0 Å². The quantitative estimate of drug-likeness (QED) is 0.861. The third-order valence-electron chi connectivity index (χ3n) is 4.76. The maximum atomic E-state index is 12.8. The van der Waals surface area contributed by atoms with Gasteiger partial charge in [-0.05, 0) is 36.6 Å². The van der Waals surface area contributed by atoms with Crippen LogP contribution in [-0.4, -0.2) is 52.4 Å². The number of rotatable bonds is 3. The molecule has 0 N–H and O–H groups in total. The van der Waals surface area contributed by atoms with Crippen LogP contribution in [0, 0.1) is 6.92 Å². The molecular weight excluding hydrogens is 314 g/mol. The third kappa shape index (κ3) is 4.10. The van der Waals surface area contributed by atoms with Crippen LogP contribution in [0.15, 0.2) is 42.7 Å². The smallest absolute Gasteiger partial charge is 0.254 e. The highest BCUT2D eigenvalue weighted by Gasteiger charge is 2.23. The molecule has 25 heavy (non-hydrogen) atoms. The largest absolute Gasteiger partial charge is 0.357 e. The topological polar surface area (TPSA) is 45.6 Å². The number of carbonyl (C=O) groups is 2. The van der Waals surface area contributed by atoms with Gasteiger partial charge in [0.2, 0.25) is 5.91 Å². The fourth-order valence-corrected chi connectivity index (χ4v) is 3.31. The zero-order chi connectivity index (χ0) is 17.8. The summed E-state index contributed by atoms with van der Waals surface area (Å²) in [6, 6.07) is 9.65. The lowest BCUT2D eigenvalue weighted by Gasteiger charge is -2.22. The first-order valence-corrected chi connectivity index (χ1v) is 8.78. The molecule has 0 atom stereocenters. The number of benzene rings is 1. The highest BCUT2D eigenvalue weighted by Crippen LogP contribution is 2.14. The lowest BCUT2D eigenvalue weighted by atomic mass is 10.1. The Labute approximate surface area is 148 Å². The molecule has 3 rings (SSSR count). The van der Waals surface area contributed by atoms with Gasteiger partial charge in [-0.1, -0.05) is 18.2 Å². The second-order valence-electron chi connectivity index (χ2n) is 6.70.